The lowest BCUT2D eigenvalue weighted by atomic mass is 9.73. The van der Waals surface area contributed by atoms with Gasteiger partial charge < -0.3 is 24.7 Å². The third-order valence-electron chi connectivity index (χ3n) is 11.3. The average molecular weight is 744 g/mol. The van der Waals surface area contributed by atoms with Gasteiger partial charge >= 0.3 is 0 Å². The molecular formula is C44H49N5O6. The van der Waals surface area contributed by atoms with Crippen LogP contribution in [0.2, 0.25) is 0 Å². The van der Waals surface area contributed by atoms with Gasteiger partial charge in [-0.05, 0) is 141 Å². The molecule has 3 heterocycles. The first-order chi connectivity index (χ1) is 26.6. The van der Waals surface area contributed by atoms with Crippen LogP contribution in [0.15, 0.2) is 89.9 Å². The summed E-state index contributed by atoms with van der Waals surface area (Å²) in [5.41, 5.74) is 7.50. The number of hydrogen-bond donors (Lipinski definition) is 3. The van der Waals surface area contributed by atoms with Crippen LogP contribution >= 0.6 is 0 Å². The lowest BCUT2D eigenvalue weighted by Gasteiger charge is -2.36. The van der Waals surface area contributed by atoms with E-state index < -0.39 is 17.4 Å². The quantitative estimate of drug-likeness (QED) is 0.0841. The number of carbonyl (C=O) groups excluding carboxylic acids is 3. The van der Waals surface area contributed by atoms with Crippen molar-refractivity contribution in [1.29, 1.82) is 0 Å². The summed E-state index contributed by atoms with van der Waals surface area (Å²) >= 11 is 0. The molecule has 0 radical (unpaired) electrons. The topological polar surface area (TPSA) is 135 Å². The van der Waals surface area contributed by atoms with Gasteiger partial charge in [-0.1, -0.05) is 18.2 Å². The molecule has 286 valence electrons. The highest BCUT2D eigenvalue weighted by atomic mass is 16.5. The van der Waals surface area contributed by atoms with Crippen molar-refractivity contribution in [2.24, 2.45) is 4.99 Å². The van der Waals surface area contributed by atoms with Crippen LogP contribution in [0.3, 0.4) is 0 Å². The van der Waals surface area contributed by atoms with Gasteiger partial charge in [-0.25, -0.2) is 0 Å². The number of nitrogens with zero attached hydrogens (tertiary/aromatic N) is 4. The molecule has 55 heavy (non-hydrogen) atoms. The minimum atomic E-state index is -0.636. The Bertz CT molecular complexity index is 2060. The second-order valence-corrected chi connectivity index (χ2v) is 15.1. The molecule has 2 saturated heterocycles. The van der Waals surface area contributed by atoms with Gasteiger partial charge in [0.2, 0.25) is 18.2 Å². The fraction of sp³-hybridized carbons (Fsp3) is 0.364. The summed E-state index contributed by atoms with van der Waals surface area (Å²) in [5, 5.41) is 22.5. The second kappa shape index (κ2) is 16.4. The Morgan fingerprint density at radius 1 is 0.927 bits per heavy atom. The Morgan fingerprint density at radius 3 is 2.40 bits per heavy atom. The molecule has 2 atom stereocenters. The van der Waals surface area contributed by atoms with E-state index >= 15 is 0 Å². The van der Waals surface area contributed by atoms with Crippen LogP contribution in [0, 0.1) is 6.92 Å². The van der Waals surface area contributed by atoms with Crippen molar-refractivity contribution in [1.82, 2.24) is 15.1 Å². The summed E-state index contributed by atoms with van der Waals surface area (Å²) in [4.78, 5) is 47.3. The summed E-state index contributed by atoms with van der Waals surface area (Å²) in [6, 6.07) is 26.4. The second-order valence-electron chi connectivity index (χ2n) is 15.1. The molecule has 0 bridgehead atoms. The first-order valence-electron chi connectivity index (χ1n) is 19.1. The zero-order valence-corrected chi connectivity index (χ0v) is 31.5. The van der Waals surface area contributed by atoms with E-state index in [9.17, 15) is 24.6 Å². The van der Waals surface area contributed by atoms with Gasteiger partial charge in [0.15, 0.2) is 0 Å². The largest absolute Gasteiger partial charge is 0.508 e. The number of unbranched alkanes of at least 4 members (excludes halogenated alkanes) is 1. The highest BCUT2D eigenvalue weighted by Crippen LogP contribution is 2.46. The Kier molecular flexibility index (Phi) is 11.2. The number of phenols is 2. The van der Waals surface area contributed by atoms with Crippen molar-refractivity contribution >= 4 is 35.3 Å². The van der Waals surface area contributed by atoms with E-state index in [-0.39, 0.29) is 23.8 Å². The Balaban J connectivity index is 0.861. The normalized spacial score (nSPS) is 19.8. The predicted molar refractivity (Wildman–Crippen MR) is 212 cm³/mol. The van der Waals surface area contributed by atoms with E-state index in [1.54, 1.807) is 18.2 Å². The molecule has 0 saturated carbocycles. The summed E-state index contributed by atoms with van der Waals surface area (Å²) in [7, 11) is 0. The number of benzene rings is 4. The van der Waals surface area contributed by atoms with Crippen LogP contribution in [0.25, 0.3) is 0 Å². The fourth-order valence-corrected chi connectivity index (χ4v) is 8.03. The van der Waals surface area contributed by atoms with Gasteiger partial charge in [0.25, 0.3) is 0 Å². The van der Waals surface area contributed by atoms with E-state index in [1.165, 1.54) is 4.90 Å². The SMILES string of the molecule is Cc1ccc(N2CCN(CCCCOc3ccc(CC4(C)C(c5ccc(O)cc5)=Nc5ccc(O)cc54)cc3)CC2)cc1CN(C=O)C1CCC(=O)NC1=O. The smallest absolute Gasteiger partial charge is 0.249 e. The molecule has 11 nitrogen and oxygen atoms in total. The van der Waals surface area contributed by atoms with Gasteiger partial charge in [-0.3, -0.25) is 29.6 Å². The molecule has 4 aromatic carbocycles. The molecule has 3 aliphatic heterocycles. The minimum Gasteiger partial charge on any atom is -0.508 e. The zero-order chi connectivity index (χ0) is 38.5. The predicted octanol–water partition coefficient (Wildman–Crippen LogP) is 5.79. The number of ether oxygens (including phenoxy) is 1. The van der Waals surface area contributed by atoms with Crippen molar-refractivity contribution in [2.75, 3.05) is 44.2 Å². The number of anilines is 1. The number of fused-ring (bicyclic) bond motifs is 1. The third-order valence-corrected chi connectivity index (χ3v) is 11.3. The van der Waals surface area contributed by atoms with Crippen molar-refractivity contribution in [3.63, 3.8) is 0 Å². The maximum absolute atomic E-state index is 12.4. The van der Waals surface area contributed by atoms with Crippen LogP contribution in [0.5, 0.6) is 17.2 Å². The van der Waals surface area contributed by atoms with Crippen LogP contribution in [0.1, 0.15) is 60.4 Å². The number of imide groups is 1. The first kappa shape index (κ1) is 37.6. The molecule has 3 aliphatic rings. The molecular weight excluding hydrogens is 695 g/mol. The molecule has 3 amide bonds. The van der Waals surface area contributed by atoms with Crippen LogP contribution < -0.4 is 15.0 Å². The number of carbonyl (C=O) groups is 3. The third kappa shape index (κ3) is 8.52. The number of aromatic hydroxyl groups is 2. The molecule has 2 unspecified atom stereocenters. The maximum Gasteiger partial charge on any atom is 0.249 e. The van der Waals surface area contributed by atoms with Crippen molar-refractivity contribution in [3.05, 3.63) is 113 Å². The zero-order valence-electron chi connectivity index (χ0n) is 31.5. The molecule has 0 spiro atoms. The molecule has 3 N–H and O–H groups in total. The van der Waals surface area contributed by atoms with E-state index in [1.807, 2.05) is 43.3 Å². The van der Waals surface area contributed by atoms with E-state index in [2.05, 4.69) is 52.4 Å². The fourth-order valence-electron chi connectivity index (χ4n) is 8.03. The number of piperazine rings is 1. The van der Waals surface area contributed by atoms with Gasteiger partial charge in [0, 0.05) is 50.2 Å². The molecule has 7 rings (SSSR count). The first-order valence-corrected chi connectivity index (χ1v) is 19.1. The summed E-state index contributed by atoms with van der Waals surface area (Å²) in [6.45, 7) is 9.88. The van der Waals surface area contributed by atoms with Gasteiger partial charge in [-0.15, -0.1) is 0 Å². The summed E-state index contributed by atoms with van der Waals surface area (Å²) in [5.74, 6) is 0.557. The lowest BCUT2D eigenvalue weighted by Crippen LogP contribution is -2.51. The molecule has 4 aromatic rings. The molecule has 11 heteroatoms. The van der Waals surface area contributed by atoms with Gasteiger partial charge in [-0.2, -0.15) is 0 Å². The number of aliphatic imine (C=N–C) groups is 1. The standard InChI is InChI=1S/C44H49N5O6/c1-30-5-10-34(25-33(30)28-49(29-50)40-17-18-41(53)46-43(40)54)48-22-20-47(21-23-48)19-3-4-24-55-37-14-6-31(7-15-37)27-44(2)38-26-36(52)13-16-39(38)45-42(44)32-8-11-35(51)12-9-32/h5-16,25-26,29,40,51-52H,3-4,17-24,27-28H2,1-2H3,(H,46,53,54). The van der Waals surface area contributed by atoms with Gasteiger partial charge in [0.05, 0.1) is 18.0 Å². The Labute approximate surface area is 322 Å². The van der Waals surface area contributed by atoms with Crippen LogP contribution in [-0.2, 0) is 32.8 Å². The van der Waals surface area contributed by atoms with E-state index in [0.29, 0.717) is 32.4 Å². The number of nitrogens with one attached hydrogen (secondary N) is 1. The number of phenolic OH excluding ortho intramolecular Hbond substituents is 2. The number of aryl methyl sites for hydroxylation is 1. The van der Waals surface area contributed by atoms with Crippen molar-refractivity contribution < 1.29 is 29.3 Å². The van der Waals surface area contributed by atoms with Crippen LogP contribution in [0.4, 0.5) is 11.4 Å². The minimum absolute atomic E-state index is 0.208. The highest BCUT2D eigenvalue weighted by Gasteiger charge is 2.40. The molecule has 0 aromatic heterocycles. The highest BCUT2D eigenvalue weighted by molar-refractivity contribution is 6.12. The summed E-state index contributed by atoms with van der Waals surface area (Å²) < 4.78 is 6.13. The average Bonchev–Trinajstić information content (AvgIpc) is 3.46. The van der Waals surface area contributed by atoms with E-state index in [4.69, 9.17) is 9.73 Å². The number of hydrogen-bond acceptors (Lipinski definition) is 9. The van der Waals surface area contributed by atoms with Crippen molar-refractivity contribution in [2.45, 2.75) is 64.0 Å². The monoisotopic (exact) mass is 743 g/mol. The van der Waals surface area contributed by atoms with Crippen molar-refractivity contribution in [3.8, 4) is 17.2 Å². The Hall–Kier alpha value is -5.68. The Morgan fingerprint density at radius 2 is 1.67 bits per heavy atom. The maximum atomic E-state index is 12.4. The molecule has 2 fully saturated rings. The number of rotatable bonds is 14. The van der Waals surface area contributed by atoms with Gasteiger partial charge in [0.1, 0.15) is 23.3 Å². The summed E-state index contributed by atoms with van der Waals surface area (Å²) in [6.07, 6.45) is 3.97. The lowest BCUT2D eigenvalue weighted by molar-refractivity contribution is -0.141. The van der Waals surface area contributed by atoms with Crippen LogP contribution in [-0.4, -0.2) is 89.3 Å². The van der Waals surface area contributed by atoms with E-state index in [0.717, 1.165) is 96.2 Å². The number of piperidine rings is 1. The molecule has 0 aliphatic carbocycles. The number of amides is 3.